The van der Waals surface area contributed by atoms with Crippen LogP contribution in [0.15, 0.2) is 23.5 Å². The molecule has 0 saturated carbocycles. The third-order valence-corrected chi connectivity index (χ3v) is 7.76. The third-order valence-electron chi connectivity index (χ3n) is 5.12. The fourth-order valence-corrected chi connectivity index (χ4v) is 5.57. The molecule has 0 unspecified atom stereocenters. The summed E-state index contributed by atoms with van der Waals surface area (Å²) in [6.45, 7) is 3.94. The van der Waals surface area contributed by atoms with Crippen LogP contribution in [0.5, 0.6) is 5.75 Å². The highest BCUT2D eigenvalue weighted by molar-refractivity contribution is 8.00. The molecule has 3 heterocycles. The summed E-state index contributed by atoms with van der Waals surface area (Å²) in [4.78, 5) is 28.4. The number of carbonyl (C=O) groups excluding carboxylic acids is 1. The van der Waals surface area contributed by atoms with Gasteiger partial charge in [-0.1, -0.05) is 47.5 Å². The quantitative estimate of drug-likeness (QED) is 0.387. The zero-order valence-corrected chi connectivity index (χ0v) is 19.9. The van der Waals surface area contributed by atoms with Gasteiger partial charge in [0.25, 0.3) is 0 Å². The number of hydrogen-bond acceptors (Lipinski definition) is 8. The number of aryl methyl sites for hydroxylation is 1. The molecule has 31 heavy (non-hydrogen) atoms. The highest BCUT2D eigenvalue weighted by Gasteiger charge is 2.18. The largest absolute Gasteiger partial charge is 0.495 e. The number of halogens is 1. The summed E-state index contributed by atoms with van der Waals surface area (Å²) in [6, 6.07) is 3.51. The van der Waals surface area contributed by atoms with Gasteiger partial charge < -0.3 is 15.0 Å². The van der Waals surface area contributed by atoms with Gasteiger partial charge in [0.15, 0.2) is 10.8 Å². The number of benzene rings is 1. The smallest absolute Gasteiger partial charge is 0.234 e. The molecule has 4 rings (SSSR count). The van der Waals surface area contributed by atoms with Crippen LogP contribution in [0, 0.1) is 6.92 Å². The summed E-state index contributed by atoms with van der Waals surface area (Å²) in [5, 5.41) is 5.27. The lowest BCUT2D eigenvalue weighted by Gasteiger charge is -2.18. The Balaban J connectivity index is 1.46. The van der Waals surface area contributed by atoms with Crippen molar-refractivity contribution in [1.29, 1.82) is 0 Å². The van der Waals surface area contributed by atoms with Crippen molar-refractivity contribution in [1.82, 2.24) is 15.0 Å². The standard InChI is InChI=1S/C21H24ClN5O2S2/c1-13-9-15(16(29-2)10-14(13)22)25-17(28)11-30-20-18-19(23-12-24-20)26-21(31-18)27-7-5-3-4-6-8-27/h9-10,12H,3-8,11H2,1-2H3,(H,25,28). The number of anilines is 2. The number of ether oxygens (including phenoxy) is 1. The number of thioether (sulfide) groups is 1. The zero-order chi connectivity index (χ0) is 21.8. The van der Waals surface area contributed by atoms with Crippen molar-refractivity contribution in [3.63, 3.8) is 0 Å². The molecule has 10 heteroatoms. The number of thiazole rings is 1. The molecule has 0 atom stereocenters. The third kappa shape index (κ3) is 5.22. The van der Waals surface area contributed by atoms with Crippen LogP contribution in [0.1, 0.15) is 31.2 Å². The summed E-state index contributed by atoms with van der Waals surface area (Å²) in [5.41, 5.74) is 2.16. The molecule has 1 amide bonds. The van der Waals surface area contributed by atoms with Crippen molar-refractivity contribution in [2.45, 2.75) is 37.6 Å². The van der Waals surface area contributed by atoms with Crippen molar-refractivity contribution in [2.24, 2.45) is 0 Å². The first-order valence-electron chi connectivity index (χ1n) is 10.2. The van der Waals surface area contributed by atoms with Gasteiger partial charge in [-0.3, -0.25) is 4.79 Å². The normalized spacial score (nSPS) is 14.5. The van der Waals surface area contributed by atoms with Crippen molar-refractivity contribution >= 4 is 61.8 Å². The van der Waals surface area contributed by atoms with Gasteiger partial charge in [0.1, 0.15) is 21.8 Å². The topological polar surface area (TPSA) is 80.2 Å². The predicted octanol–water partition coefficient (Wildman–Crippen LogP) is 5.17. The molecule has 0 radical (unpaired) electrons. The molecule has 1 fully saturated rings. The number of carbonyl (C=O) groups is 1. The van der Waals surface area contributed by atoms with E-state index in [4.69, 9.17) is 21.3 Å². The van der Waals surface area contributed by atoms with Crippen LogP contribution in [-0.2, 0) is 4.79 Å². The number of rotatable bonds is 6. The molecule has 164 valence electrons. The second-order valence-corrected chi connectivity index (χ2v) is 9.72. The van der Waals surface area contributed by atoms with Gasteiger partial charge in [0.05, 0.1) is 18.6 Å². The molecular formula is C21H24ClN5O2S2. The summed E-state index contributed by atoms with van der Waals surface area (Å²) in [6.07, 6.45) is 6.44. The first-order chi connectivity index (χ1) is 15.0. The van der Waals surface area contributed by atoms with Gasteiger partial charge in [0.2, 0.25) is 5.91 Å². The Morgan fingerprint density at radius 1 is 1.26 bits per heavy atom. The molecule has 1 N–H and O–H groups in total. The maximum atomic E-state index is 12.6. The first kappa shape index (κ1) is 22.1. The van der Waals surface area contributed by atoms with Gasteiger partial charge in [-0.15, -0.1) is 0 Å². The molecule has 1 aliphatic rings. The van der Waals surface area contributed by atoms with Gasteiger partial charge in [-0.25, -0.2) is 9.97 Å². The Morgan fingerprint density at radius 2 is 2.03 bits per heavy atom. The molecule has 1 aromatic carbocycles. The number of aromatic nitrogens is 3. The molecular weight excluding hydrogens is 454 g/mol. The second-order valence-electron chi connectivity index (χ2n) is 7.37. The lowest BCUT2D eigenvalue weighted by Crippen LogP contribution is -2.23. The Kier molecular flexibility index (Phi) is 7.14. The summed E-state index contributed by atoms with van der Waals surface area (Å²) in [7, 11) is 1.55. The van der Waals surface area contributed by atoms with Crippen LogP contribution >= 0.6 is 34.7 Å². The number of nitrogens with zero attached hydrogens (tertiary/aromatic N) is 4. The highest BCUT2D eigenvalue weighted by Crippen LogP contribution is 2.35. The van der Waals surface area contributed by atoms with Crippen LogP contribution in [0.3, 0.4) is 0 Å². The Hall–Kier alpha value is -2.10. The molecule has 1 aliphatic heterocycles. The van der Waals surface area contributed by atoms with E-state index in [9.17, 15) is 4.79 Å². The minimum absolute atomic E-state index is 0.144. The number of fused-ring (bicyclic) bond motifs is 1. The van der Waals surface area contributed by atoms with Gasteiger partial charge >= 0.3 is 0 Å². The summed E-state index contributed by atoms with van der Waals surface area (Å²) < 4.78 is 6.26. The van der Waals surface area contributed by atoms with Crippen LogP contribution in [0.2, 0.25) is 5.02 Å². The van der Waals surface area contributed by atoms with Crippen LogP contribution in [-0.4, -0.2) is 46.8 Å². The van der Waals surface area contributed by atoms with Crippen molar-refractivity contribution < 1.29 is 9.53 Å². The lowest BCUT2D eigenvalue weighted by molar-refractivity contribution is -0.113. The van der Waals surface area contributed by atoms with E-state index in [0.717, 1.165) is 33.5 Å². The van der Waals surface area contributed by atoms with Crippen molar-refractivity contribution in [2.75, 3.05) is 36.2 Å². The van der Waals surface area contributed by atoms with Crippen LogP contribution < -0.4 is 15.0 Å². The van der Waals surface area contributed by atoms with Gasteiger partial charge in [-0.05, 0) is 31.4 Å². The Labute approximate surface area is 194 Å². The SMILES string of the molecule is COc1cc(Cl)c(C)cc1NC(=O)CSc1ncnc2nc(N3CCCCCC3)sc12. The van der Waals surface area contributed by atoms with Crippen LogP contribution in [0.25, 0.3) is 10.3 Å². The highest BCUT2D eigenvalue weighted by atomic mass is 35.5. The van der Waals surface area contributed by atoms with E-state index < -0.39 is 0 Å². The zero-order valence-electron chi connectivity index (χ0n) is 17.5. The Bertz CT molecular complexity index is 1080. The van der Waals surface area contributed by atoms with E-state index in [-0.39, 0.29) is 11.7 Å². The minimum Gasteiger partial charge on any atom is -0.495 e. The maximum absolute atomic E-state index is 12.6. The van der Waals surface area contributed by atoms with E-state index in [1.54, 1.807) is 24.5 Å². The molecule has 3 aromatic rings. The van der Waals surface area contributed by atoms with E-state index >= 15 is 0 Å². The van der Waals surface area contributed by atoms with E-state index in [2.05, 4.69) is 20.2 Å². The molecule has 2 aromatic heterocycles. The molecule has 7 nitrogen and oxygen atoms in total. The Morgan fingerprint density at radius 3 is 2.77 bits per heavy atom. The van der Waals surface area contributed by atoms with Gasteiger partial charge in [0, 0.05) is 24.2 Å². The first-order valence-corrected chi connectivity index (χ1v) is 12.4. The molecule has 0 spiro atoms. The number of hydrogen-bond donors (Lipinski definition) is 1. The molecule has 0 bridgehead atoms. The van der Waals surface area contributed by atoms with Crippen molar-refractivity contribution in [3.8, 4) is 5.75 Å². The number of methoxy groups -OCH3 is 1. The van der Waals surface area contributed by atoms with E-state index in [0.29, 0.717) is 22.1 Å². The minimum atomic E-state index is -0.144. The number of amides is 1. The fraction of sp³-hybridized carbons (Fsp3) is 0.429. The average Bonchev–Trinajstić information content (AvgIpc) is 3.01. The van der Waals surface area contributed by atoms with Crippen molar-refractivity contribution in [3.05, 3.63) is 29.0 Å². The summed E-state index contributed by atoms with van der Waals surface area (Å²) in [5.74, 6) is 0.602. The van der Waals surface area contributed by atoms with E-state index in [1.165, 1.54) is 43.8 Å². The number of nitrogens with one attached hydrogen (secondary N) is 1. The monoisotopic (exact) mass is 477 g/mol. The summed E-state index contributed by atoms with van der Waals surface area (Å²) >= 11 is 9.14. The average molecular weight is 478 g/mol. The fourth-order valence-electron chi connectivity index (χ4n) is 3.47. The maximum Gasteiger partial charge on any atom is 0.234 e. The molecule has 0 aliphatic carbocycles. The predicted molar refractivity (Wildman–Crippen MR) is 128 cm³/mol. The van der Waals surface area contributed by atoms with E-state index in [1.807, 2.05) is 13.0 Å². The van der Waals surface area contributed by atoms with Crippen LogP contribution in [0.4, 0.5) is 10.8 Å². The lowest BCUT2D eigenvalue weighted by atomic mass is 10.2. The van der Waals surface area contributed by atoms with Gasteiger partial charge in [-0.2, -0.15) is 4.98 Å². The second kappa shape index (κ2) is 10.0. The molecule has 1 saturated heterocycles.